The highest BCUT2D eigenvalue weighted by Crippen LogP contribution is 2.30. The largest absolute Gasteiger partial charge is 0.355 e. The zero-order valence-corrected chi connectivity index (χ0v) is 15.3. The van der Waals surface area contributed by atoms with Crippen molar-refractivity contribution < 1.29 is 4.39 Å². The third-order valence-corrected chi connectivity index (χ3v) is 5.36. The van der Waals surface area contributed by atoms with Gasteiger partial charge in [0.2, 0.25) is 0 Å². The van der Waals surface area contributed by atoms with Crippen molar-refractivity contribution in [2.24, 2.45) is 0 Å². The molecule has 0 aliphatic carbocycles. The van der Waals surface area contributed by atoms with Gasteiger partial charge in [0.1, 0.15) is 11.6 Å². The summed E-state index contributed by atoms with van der Waals surface area (Å²) in [5.74, 6) is 1.03. The van der Waals surface area contributed by atoms with E-state index in [0.29, 0.717) is 5.92 Å². The van der Waals surface area contributed by atoms with Gasteiger partial charge in [-0.3, -0.25) is 10.1 Å². The Balaban J connectivity index is 1.37. The summed E-state index contributed by atoms with van der Waals surface area (Å²) in [6.07, 6.45) is 4.05. The molecule has 2 aromatic carbocycles. The zero-order chi connectivity index (χ0) is 18.9. The van der Waals surface area contributed by atoms with E-state index >= 15 is 0 Å². The van der Waals surface area contributed by atoms with Crippen LogP contribution in [0.25, 0.3) is 22.3 Å². The number of aromatic nitrogens is 4. The quantitative estimate of drug-likeness (QED) is 0.573. The van der Waals surface area contributed by atoms with Crippen molar-refractivity contribution in [1.82, 2.24) is 20.2 Å². The molecule has 1 atom stereocenters. The molecule has 3 heterocycles. The van der Waals surface area contributed by atoms with Crippen LogP contribution >= 0.6 is 0 Å². The normalized spacial score (nSPS) is 17.2. The zero-order valence-electron chi connectivity index (χ0n) is 15.3. The molecule has 1 fully saturated rings. The summed E-state index contributed by atoms with van der Waals surface area (Å²) in [4.78, 5) is 11.6. The molecule has 28 heavy (non-hydrogen) atoms. The van der Waals surface area contributed by atoms with Crippen molar-refractivity contribution >= 4 is 16.9 Å². The molecule has 0 spiro atoms. The van der Waals surface area contributed by atoms with E-state index in [1.54, 1.807) is 12.1 Å². The summed E-state index contributed by atoms with van der Waals surface area (Å²) in [7, 11) is 0. The summed E-state index contributed by atoms with van der Waals surface area (Å²) in [5, 5.41) is 7.62. The smallest absolute Gasteiger partial charge is 0.147 e. The van der Waals surface area contributed by atoms with E-state index in [9.17, 15) is 4.39 Å². The molecule has 0 bridgehead atoms. The van der Waals surface area contributed by atoms with Crippen molar-refractivity contribution in [3.8, 4) is 11.3 Å². The maximum Gasteiger partial charge on any atom is 0.147 e. The third kappa shape index (κ3) is 3.22. The van der Waals surface area contributed by atoms with Crippen LogP contribution in [-0.4, -0.2) is 33.3 Å². The lowest BCUT2D eigenvalue weighted by Gasteiger charge is -2.32. The molecule has 1 saturated heterocycles. The molecule has 0 amide bonds. The first-order valence-electron chi connectivity index (χ1n) is 9.54. The Morgan fingerprint density at radius 1 is 1.04 bits per heavy atom. The van der Waals surface area contributed by atoms with Gasteiger partial charge in [-0.25, -0.2) is 9.37 Å². The number of H-pyrrole nitrogens is 1. The molecular formula is C22H20FN5. The first kappa shape index (κ1) is 16.9. The molecule has 1 aliphatic rings. The molecule has 5 rings (SSSR count). The predicted molar refractivity (Wildman–Crippen MR) is 108 cm³/mol. The van der Waals surface area contributed by atoms with Gasteiger partial charge in [-0.05, 0) is 55.3 Å². The number of piperidine rings is 1. The van der Waals surface area contributed by atoms with Gasteiger partial charge in [0, 0.05) is 30.3 Å². The summed E-state index contributed by atoms with van der Waals surface area (Å²) in [6.45, 7) is 1.85. The molecule has 140 valence electrons. The number of benzene rings is 2. The summed E-state index contributed by atoms with van der Waals surface area (Å²) in [6, 6.07) is 16.5. The number of hydrogen-bond acceptors (Lipinski definition) is 4. The van der Waals surface area contributed by atoms with E-state index in [1.807, 2.05) is 30.5 Å². The molecule has 0 saturated carbocycles. The van der Waals surface area contributed by atoms with Gasteiger partial charge in [-0.1, -0.05) is 12.1 Å². The lowest BCUT2D eigenvalue weighted by Crippen LogP contribution is -2.35. The predicted octanol–water partition coefficient (Wildman–Crippen LogP) is 4.54. The molecule has 6 heteroatoms. The van der Waals surface area contributed by atoms with Gasteiger partial charge in [0.25, 0.3) is 0 Å². The van der Waals surface area contributed by atoms with E-state index in [4.69, 9.17) is 4.98 Å². The molecule has 1 aliphatic heterocycles. The molecule has 0 radical (unpaired) electrons. The van der Waals surface area contributed by atoms with Crippen LogP contribution in [0.4, 0.5) is 10.2 Å². The van der Waals surface area contributed by atoms with Crippen LogP contribution < -0.4 is 4.90 Å². The second kappa shape index (κ2) is 7.03. The third-order valence-electron chi connectivity index (χ3n) is 5.36. The van der Waals surface area contributed by atoms with Crippen molar-refractivity contribution in [3.63, 3.8) is 0 Å². The molecule has 5 nitrogen and oxygen atoms in total. The second-order valence-corrected chi connectivity index (χ2v) is 7.22. The van der Waals surface area contributed by atoms with E-state index in [1.165, 1.54) is 12.1 Å². The number of para-hydroxylation sites is 2. The fraction of sp³-hybridized carbons (Fsp3) is 0.227. The van der Waals surface area contributed by atoms with Crippen LogP contribution in [-0.2, 0) is 0 Å². The fourth-order valence-electron chi connectivity index (χ4n) is 3.85. The summed E-state index contributed by atoms with van der Waals surface area (Å²) >= 11 is 0. The number of nitrogens with one attached hydrogen (secondary N) is 1. The molecule has 1 N–H and O–H groups in total. The van der Waals surface area contributed by atoms with Crippen LogP contribution in [0.2, 0.25) is 0 Å². The van der Waals surface area contributed by atoms with Crippen molar-refractivity contribution in [2.75, 3.05) is 18.0 Å². The van der Waals surface area contributed by atoms with Gasteiger partial charge in [-0.2, -0.15) is 5.10 Å². The van der Waals surface area contributed by atoms with E-state index in [0.717, 1.165) is 59.7 Å². The first-order valence-corrected chi connectivity index (χ1v) is 9.54. The number of rotatable bonds is 3. The number of aromatic amines is 1. The van der Waals surface area contributed by atoms with Gasteiger partial charge >= 0.3 is 0 Å². The van der Waals surface area contributed by atoms with Gasteiger partial charge in [-0.15, -0.1) is 0 Å². The number of nitrogens with zero attached hydrogens (tertiary/aromatic N) is 4. The lowest BCUT2D eigenvalue weighted by molar-refractivity contribution is 0.498. The Kier molecular flexibility index (Phi) is 4.24. The first-order chi connectivity index (χ1) is 13.8. The molecule has 4 aromatic rings. The van der Waals surface area contributed by atoms with Crippen molar-refractivity contribution in [3.05, 3.63) is 72.3 Å². The summed E-state index contributed by atoms with van der Waals surface area (Å²) in [5.41, 5.74) is 4.70. The minimum Gasteiger partial charge on any atom is -0.355 e. The van der Waals surface area contributed by atoms with Gasteiger partial charge in [0.15, 0.2) is 0 Å². The SMILES string of the molecule is Fc1ccc(-c2cc([C@H]3CCCN(c4cnc5ccccc5n4)C3)[nH]n2)cc1. The second-order valence-electron chi connectivity index (χ2n) is 7.22. The Labute approximate surface area is 162 Å². The average molecular weight is 373 g/mol. The fourth-order valence-corrected chi connectivity index (χ4v) is 3.85. The minimum absolute atomic E-state index is 0.237. The topological polar surface area (TPSA) is 57.7 Å². The van der Waals surface area contributed by atoms with E-state index < -0.39 is 0 Å². The summed E-state index contributed by atoms with van der Waals surface area (Å²) < 4.78 is 13.2. The van der Waals surface area contributed by atoms with Crippen LogP contribution in [0.1, 0.15) is 24.5 Å². The maximum atomic E-state index is 13.2. The van der Waals surface area contributed by atoms with E-state index in [2.05, 4.69) is 26.1 Å². The van der Waals surface area contributed by atoms with Crippen LogP contribution in [0.5, 0.6) is 0 Å². The van der Waals surface area contributed by atoms with Crippen LogP contribution in [0, 0.1) is 5.82 Å². The average Bonchev–Trinajstić information content (AvgIpc) is 3.24. The number of halogens is 1. The monoisotopic (exact) mass is 373 g/mol. The molecule has 0 unspecified atom stereocenters. The van der Waals surface area contributed by atoms with Crippen molar-refractivity contribution in [2.45, 2.75) is 18.8 Å². The van der Waals surface area contributed by atoms with Gasteiger partial charge in [0.05, 0.1) is 22.9 Å². The van der Waals surface area contributed by atoms with E-state index in [-0.39, 0.29) is 5.82 Å². The standard InChI is InChI=1S/C22H20FN5/c23-17-9-7-15(8-10-17)20-12-21(27-26-20)16-4-3-11-28(14-16)22-13-24-18-5-1-2-6-19(18)25-22/h1-2,5-10,12-13,16H,3-4,11,14H2,(H,26,27)/t16-/m0/s1. The van der Waals surface area contributed by atoms with Crippen molar-refractivity contribution in [1.29, 1.82) is 0 Å². The highest BCUT2D eigenvalue weighted by molar-refractivity contribution is 5.75. The van der Waals surface area contributed by atoms with Crippen LogP contribution in [0.3, 0.4) is 0 Å². The Bertz CT molecular complexity index is 1110. The Morgan fingerprint density at radius 3 is 2.71 bits per heavy atom. The van der Waals surface area contributed by atoms with Gasteiger partial charge < -0.3 is 4.90 Å². The van der Waals surface area contributed by atoms with Crippen LogP contribution in [0.15, 0.2) is 60.8 Å². The Morgan fingerprint density at radius 2 is 1.86 bits per heavy atom. The molecular weight excluding hydrogens is 353 g/mol. The maximum absolute atomic E-state index is 13.2. The lowest BCUT2D eigenvalue weighted by atomic mass is 9.94. The Hall–Kier alpha value is -3.28. The number of anilines is 1. The molecule has 2 aromatic heterocycles. The minimum atomic E-state index is -0.237. The number of fused-ring (bicyclic) bond motifs is 1. The highest BCUT2D eigenvalue weighted by Gasteiger charge is 2.24. The highest BCUT2D eigenvalue weighted by atomic mass is 19.1. The number of hydrogen-bond donors (Lipinski definition) is 1.